The maximum Gasteiger partial charge on any atom is 0.120 e. The van der Waals surface area contributed by atoms with E-state index < -0.39 is 0 Å². The number of allylic oxidation sites excluding steroid dienone is 1. The molecule has 1 fully saturated rings. The average molecular weight is 301 g/mol. The molecule has 1 N–H and O–H groups in total. The second-order valence-electron chi connectivity index (χ2n) is 6.94. The first kappa shape index (κ1) is 16.9. The van der Waals surface area contributed by atoms with Gasteiger partial charge in [-0.3, -0.25) is 0 Å². The van der Waals surface area contributed by atoms with Crippen LogP contribution in [0.25, 0.3) is 5.57 Å². The summed E-state index contributed by atoms with van der Waals surface area (Å²) in [5.74, 6) is 0.940. The molecule has 0 bridgehead atoms. The summed E-state index contributed by atoms with van der Waals surface area (Å²) < 4.78 is 5.52. The third-order valence-corrected chi connectivity index (χ3v) is 4.26. The van der Waals surface area contributed by atoms with Crippen LogP contribution < -0.4 is 10.1 Å². The highest BCUT2D eigenvalue weighted by atomic mass is 16.5. The Morgan fingerprint density at radius 2 is 1.64 bits per heavy atom. The molecule has 1 aromatic rings. The lowest BCUT2D eigenvalue weighted by atomic mass is 9.91. The molecule has 2 aliphatic rings. The van der Waals surface area contributed by atoms with Gasteiger partial charge in [-0.2, -0.15) is 0 Å². The molecule has 1 aromatic carbocycles. The van der Waals surface area contributed by atoms with Crippen molar-refractivity contribution in [2.45, 2.75) is 71.8 Å². The van der Waals surface area contributed by atoms with E-state index in [1.165, 1.54) is 55.3 Å². The van der Waals surface area contributed by atoms with Crippen LogP contribution in [0.5, 0.6) is 5.75 Å². The Bertz CT molecular complexity index is 501. The van der Waals surface area contributed by atoms with E-state index in [-0.39, 0.29) is 5.54 Å². The van der Waals surface area contributed by atoms with Gasteiger partial charge in [0.25, 0.3) is 0 Å². The van der Waals surface area contributed by atoms with E-state index in [4.69, 9.17) is 4.74 Å². The molecular weight excluding hydrogens is 270 g/mol. The average Bonchev–Trinajstić information content (AvgIpc) is 2.50. The number of hydrogen-bond acceptors (Lipinski definition) is 2. The molecule has 3 rings (SSSR count). The minimum absolute atomic E-state index is 0.0320. The molecule has 2 heteroatoms. The number of nitrogens with one attached hydrogen (secondary N) is 1. The summed E-state index contributed by atoms with van der Waals surface area (Å²) in [4.78, 5) is 0. The van der Waals surface area contributed by atoms with Crippen molar-refractivity contribution < 1.29 is 4.74 Å². The van der Waals surface area contributed by atoms with Crippen molar-refractivity contribution in [3.05, 3.63) is 29.8 Å². The first-order valence-electron chi connectivity index (χ1n) is 8.77. The van der Waals surface area contributed by atoms with E-state index in [0.29, 0.717) is 6.61 Å². The summed E-state index contributed by atoms with van der Waals surface area (Å²) in [5, 5.41) is 3.50. The summed E-state index contributed by atoms with van der Waals surface area (Å²) in [6, 6.07) is 6.22. The van der Waals surface area contributed by atoms with Crippen LogP contribution in [0.1, 0.15) is 71.8 Å². The number of fused-ring (bicyclic) bond motifs is 1. The summed E-state index contributed by atoms with van der Waals surface area (Å²) in [5.41, 5.74) is 3.77. The SMILES string of the molecule is C1CCCCC1.CCOc1ccc2c(c1)C(C)=CC(C)(C)N2. The zero-order valence-corrected chi connectivity index (χ0v) is 14.7. The molecule has 0 saturated heterocycles. The van der Waals surface area contributed by atoms with Crippen molar-refractivity contribution in [1.29, 1.82) is 0 Å². The summed E-state index contributed by atoms with van der Waals surface area (Å²) in [6.45, 7) is 9.22. The molecule has 0 spiro atoms. The molecule has 0 amide bonds. The summed E-state index contributed by atoms with van der Waals surface area (Å²) in [6.07, 6.45) is 11.3. The van der Waals surface area contributed by atoms with Crippen molar-refractivity contribution in [1.82, 2.24) is 0 Å². The van der Waals surface area contributed by atoms with Crippen molar-refractivity contribution in [2.24, 2.45) is 0 Å². The second kappa shape index (κ2) is 7.71. The van der Waals surface area contributed by atoms with Crippen LogP contribution in [0.15, 0.2) is 24.3 Å². The van der Waals surface area contributed by atoms with Gasteiger partial charge < -0.3 is 10.1 Å². The van der Waals surface area contributed by atoms with Crippen molar-refractivity contribution >= 4 is 11.3 Å². The lowest BCUT2D eigenvalue weighted by Crippen LogP contribution is -2.31. The van der Waals surface area contributed by atoms with Crippen LogP contribution in [0.4, 0.5) is 5.69 Å². The second-order valence-corrected chi connectivity index (χ2v) is 6.94. The van der Waals surface area contributed by atoms with Crippen molar-refractivity contribution in [3.8, 4) is 5.75 Å². The molecule has 1 heterocycles. The fraction of sp³-hybridized carbons (Fsp3) is 0.600. The normalized spacial score (nSPS) is 19.0. The first-order chi connectivity index (χ1) is 10.5. The van der Waals surface area contributed by atoms with E-state index >= 15 is 0 Å². The molecule has 0 aromatic heterocycles. The van der Waals surface area contributed by atoms with Crippen molar-refractivity contribution in [2.75, 3.05) is 11.9 Å². The van der Waals surface area contributed by atoms with E-state index in [9.17, 15) is 0 Å². The van der Waals surface area contributed by atoms with E-state index in [0.717, 1.165) is 5.75 Å². The predicted octanol–water partition coefficient (Wildman–Crippen LogP) is 6.03. The fourth-order valence-electron chi connectivity index (χ4n) is 3.28. The minimum Gasteiger partial charge on any atom is -0.494 e. The Morgan fingerprint density at radius 1 is 1.05 bits per heavy atom. The first-order valence-corrected chi connectivity index (χ1v) is 8.77. The molecule has 22 heavy (non-hydrogen) atoms. The largest absolute Gasteiger partial charge is 0.494 e. The molecule has 0 unspecified atom stereocenters. The van der Waals surface area contributed by atoms with Gasteiger partial charge >= 0.3 is 0 Å². The molecular formula is C20H31NO. The summed E-state index contributed by atoms with van der Waals surface area (Å²) >= 11 is 0. The summed E-state index contributed by atoms with van der Waals surface area (Å²) in [7, 11) is 0. The number of rotatable bonds is 2. The lowest BCUT2D eigenvalue weighted by molar-refractivity contribution is 0.340. The Morgan fingerprint density at radius 3 is 2.18 bits per heavy atom. The van der Waals surface area contributed by atoms with E-state index in [2.05, 4.69) is 44.3 Å². The maximum absolute atomic E-state index is 5.52. The van der Waals surface area contributed by atoms with Crippen LogP contribution in [0.2, 0.25) is 0 Å². The Labute approximate surface area is 136 Å². The smallest absolute Gasteiger partial charge is 0.120 e. The predicted molar refractivity (Wildman–Crippen MR) is 96.7 cm³/mol. The highest BCUT2D eigenvalue weighted by molar-refractivity contribution is 5.80. The van der Waals surface area contributed by atoms with Crippen LogP contribution in [-0.4, -0.2) is 12.1 Å². The maximum atomic E-state index is 5.52. The van der Waals surface area contributed by atoms with Gasteiger partial charge in [-0.25, -0.2) is 0 Å². The topological polar surface area (TPSA) is 21.3 Å². The quantitative estimate of drug-likeness (QED) is 0.719. The van der Waals surface area contributed by atoms with Gasteiger partial charge in [0.2, 0.25) is 0 Å². The van der Waals surface area contributed by atoms with Crippen LogP contribution >= 0.6 is 0 Å². The Hall–Kier alpha value is -1.44. The van der Waals surface area contributed by atoms with Gasteiger partial charge in [-0.15, -0.1) is 0 Å². The van der Waals surface area contributed by atoms with Gasteiger partial charge in [0.1, 0.15) is 5.75 Å². The number of anilines is 1. The number of hydrogen-bond donors (Lipinski definition) is 1. The third-order valence-electron chi connectivity index (χ3n) is 4.26. The number of benzene rings is 1. The van der Waals surface area contributed by atoms with Crippen LogP contribution in [-0.2, 0) is 0 Å². The lowest BCUT2D eigenvalue weighted by Gasteiger charge is -2.31. The Balaban J connectivity index is 0.000000246. The van der Waals surface area contributed by atoms with Gasteiger partial charge in [0, 0.05) is 11.3 Å². The highest BCUT2D eigenvalue weighted by Crippen LogP contribution is 2.35. The molecule has 1 aliphatic heterocycles. The molecule has 0 radical (unpaired) electrons. The number of ether oxygens (including phenoxy) is 1. The third kappa shape index (κ3) is 4.79. The van der Waals surface area contributed by atoms with E-state index in [1.54, 1.807) is 0 Å². The molecule has 1 aliphatic carbocycles. The molecule has 1 saturated carbocycles. The molecule has 122 valence electrons. The van der Waals surface area contributed by atoms with Crippen LogP contribution in [0.3, 0.4) is 0 Å². The fourth-order valence-corrected chi connectivity index (χ4v) is 3.28. The molecule has 0 atom stereocenters. The Kier molecular flexibility index (Phi) is 5.93. The molecule has 2 nitrogen and oxygen atoms in total. The van der Waals surface area contributed by atoms with Gasteiger partial charge in [0.05, 0.1) is 12.1 Å². The standard InChI is InChI=1S/C14H19NO.C6H12/c1-5-16-11-6-7-13-12(8-11)10(2)9-14(3,4)15-13;1-2-4-6-5-3-1/h6-9,15H,5H2,1-4H3;1-6H2. The van der Waals surface area contributed by atoms with Crippen molar-refractivity contribution in [3.63, 3.8) is 0 Å². The van der Waals surface area contributed by atoms with Crippen LogP contribution in [0, 0.1) is 0 Å². The zero-order chi connectivity index (χ0) is 16.0. The van der Waals surface area contributed by atoms with E-state index in [1.807, 2.05) is 13.0 Å². The minimum atomic E-state index is 0.0320. The van der Waals surface area contributed by atoms with Gasteiger partial charge in [-0.05, 0) is 51.5 Å². The van der Waals surface area contributed by atoms with Gasteiger partial charge in [0.15, 0.2) is 0 Å². The zero-order valence-electron chi connectivity index (χ0n) is 14.7. The highest BCUT2D eigenvalue weighted by Gasteiger charge is 2.22. The van der Waals surface area contributed by atoms with Gasteiger partial charge in [-0.1, -0.05) is 44.6 Å². The monoisotopic (exact) mass is 301 g/mol.